The van der Waals surface area contributed by atoms with Crippen LogP contribution in [0.5, 0.6) is 0 Å². The third kappa shape index (κ3) is 7.56. The van der Waals surface area contributed by atoms with E-state index in [1.54, 1.807) is 4.90 Å². The summed E-state index contributed by atoms with van der Waals surface area (Å²) in [6.45, 7) is 17.9. The topological polar surface area (TPSA) is 96.1 Å². The fourth-order valence-corrected chi connectivity index (χ4v) is 7.19. The van der Waals surface area contributed by atoms with Crippen LogP contribution in [0.2, 0.25) is 0 Å². The summed E-state index contributed by atoms with van der Waals surface area (Å²) in [5.41, 5.74) is 15.8. The first-order valence-corrected chi connectivity index (χ1v) is 18.0. The molecule has 0 fully saturated rings. The molecule has 0 saturated heterocycles. The lowest BCUT2D eigenvalue weighted by molar-refractivity contribution is -0.130. The zero-order valence-electron chi connectivity index (χ0n) is 30.0. The van der Waals surface area contributed by atoms with Gasteiger partial charge in [0.25, 0.3) is 0 Å². The number of amides is 1. The summed E-state index contributed by atoms with van der Waals surface area (Å²) < 4.78 is 11.0. The van der Waals surface area contributed by atoms with E-state index < -0.39 is 0 Å². The van der Waals surface area contributed by atoms with Crippen LogP contribution in [0.25, 0.3) is 33.7 Å². The van der Waals surface area contributed by atoms with E-state index in [1.165, 1.54) is 22.3 Å². The average Bonchev–Trinajstić information content (AvgIpc) is 3.77. The molecule has 2 aliphatic rings. The first-order valence-electron chi connectivity index (χ1n) is 17.4. The van der Waals surface area contributed by atoms with Gasteiger partial charge in [-0.3, -0.25) is 9.78 Å². The Balaban J connectivity index is 1.54. The minimum atomic E-state index is 0.0934. The van der Waals surface area contributed by atoms with Gasteiger partial charge in [-0.05, 0) is 105 Å². The molecule has 0 radical (unpaired) electrons. The highest BCUT2D eigenvalue weighted by atomic mass is 35.5. The summed E-state index contributed by atoms with van der Waals surface area (Å²) >= 11 is 5.64. The van der Waals surface area contributed by atoms with E-state index in [-0.39, 0.29) is 17.7 Å². The number of halogens is 1. The van der Waals surface area contributed by atoms with Crippen LogP contribution < -0.4 is 0 Å². The molecule has 2 aliphatic heterocycles. The number of aromatic nitrogens is 4. The number of fused-ring (bicyclic) bond motifs is 8. The fourth-order valence-electron chi connectivity index (χ4n) is 7.08. The van der Waals surface area contributed by atoms with Crippen molar-refractivity contribution in [2.75, 3.05) is 45.9 Å². The highest BCUT2D eigenvalue weighted by Gasteiger charge is 2.31. The molecule has 0 aliphatic carbocycles. The van der Waals surface area contributed by atoms with Crippen LogP contribution in [0.15, 0.2) is 18.2 Å². The second-order valence-corrected chi connectivity index (χ2v) is 13.5. The number of aryl methyl sites for hydroxylation is 4. The molecule has 9 heteroatoms. The molecule has 5 rings (SSSR count). The summed E-state index contributed by atoms with van der Waals surface area (Å²) in [4.78, 5) is 33.0. The minimum Gasteiger partial charge on any atom is -0.378 e. The monoisotopic (exact) mass is 673 g/mol. The number of likely N-dealkylation sites (N-methyl/N-ethyl adjacent to an activating group) is 1. The highest BCUT2D eigenvalue weighted by molar-refractivity contribution is 6.17. The molecular formula is C39H52ClN5O3. The van der Waals surface area contributed by atoms with Crippen molar-refractivity contribution in [1.82, 2.24) is 24.8 Å². The Labute approximate surface area is 290 Å². The SMILES string of the molecule is CCc1c(C)c2cc3[nH]c(cc4nc(c(C)c5nc(cc1[nH]2)C(C)=C5)[C@@H](CCC(=O)N(C)CCOCCOCCCl)[C@@H]4C)c(C)c3CC. The van der Waals surface area contributed by atoms with E-state index in [0.29, 0.717) is 51.7 Å². The van der Waals surface area contributed by atoms with Gasteiger partial charge in [0.05, 0.1) is 37.8 Å². The second-order valence-electron chi connectivity index (χ2n) is 13.2. The van der Waals surface area contributed by atoms with Gasteiger partial charge in [0.15, 0.2) is 0 Å². The molecule has 1 amide bonds. The third-order valence-electron chi connectivity index (χ3n) is 10.2. The van der Waals surface area contributed by atoms with E-state index in [1.807, 2.05) is 7.05 Å². The number of nitrogens with zero attached hydrogens (tertiary/aromatic N) is 3. The largest absolute Gasteiger partial charge is 0.378 e. The summed E-state index contributed by atoms with van der Waals surface area (Å²) in [6.07, 6.45) is 5.18. The van der Waals surface area contributed by atoms with Gasteiger partial charge >= 0.3 is 0 Å². The van der Waals surface area contributed by atoms with Crippen molar-refractivity contribution in [3.63, 3.8) is 0 Å². The number of allylic oxidation sites excluding steroid dienone is 1. The first kappa shape index (κ1) is 35.8. The van der Waals surface area contributed by atoms with Crippen LogP contribution in [0.4, 0.5) is 0 Å². The number of carbonyl (C=O) groups excluding carboxylic acids is 1. The summed E-state index contributed by atoms with van der Waals surface area (Å²) in [5, 5.41) is 0. The highest BCUT2D eigenvalue weighted by Crippen LogP contribution is 2.42. The van der Waals surface area contributed by atoms with Crippen molar-refractivity contribution >= 4 is 51.2 Å². The van der Waals surface area contributed by atoms with Gasteiger partial charge in [-0.1, -0.05) is 20.8 Å². The molecule has 0 aromatic carbocycles. The number of rotatable bonds is 13. The number of nitrogens with one attached hydrogen (secondary N) is 2. The summed E-state index contributed by atoms with van der Waals surface area (Å²) in [6, 6.07) is 6.68. The number of aromatic amines is 2. The predicted molar refractivity (Wildman–Crippen MR) is 198 cm³/mol. The van der Waals surface area contributed by atoms with Crippen molar-refractivity contribution < 1.29 is 14.3 Å². The Kier molecular flexibility index (Phi) is 11.8. The van der Waals surface area contributed by atoms with Gasteiger partial charge in [-0.15, -0.1) is 11.6 Å². The third-order valence-corrected chi connectivity index (χ3v) is 10.3. The van der Waals surface area contributed by atoms with Crippen molar-refractivity contribution in [3.8, 4) is 0 Å². The predicted octanol–water partition coefficient (Wildman–Crippen LogP) is 8.32. The standard InChI is InChI=1S/C39H52ClN5O3/c1-9-28-25(5)34-22-37-29(10-2)24(4)33(42-37)21-35-26(6)30(11-12-38(46)45(8)14-16-48-18-17-47-15-13-40)39(44-35)27(7)32-19-23(3)31(41-32)20-36(28)43-34/h19-22,26,30,42-43H,9-18H2,1-8H3/t26-,30-/m0/s1. The Bertz CT molecular complexity index is 1840. The first-order chi connectivity index (χ1) is 23.1. The van der Waals surface area contributed by atoms with Gasteiger partial charge in [-0.25, -0.2) is 4.98 Å². The number of ether oxygens (including phenoxy) is 2. The van der Waals surface area contributed by atoms with Crippen molar-refractivity contribution in [3.05, 3.63) is 68.8 Å². The molecule has 48 heavy (non-hydrogen) atoms. The van der Waals surface area contributed by atoms with E-state index in [4.69, 9.17) is 31.0 Å². The van der Waals surface area contributed by atoms with Crippen LogP contribution in [-0.4, -0.2) is 76.6 Å². The zero-order valence-corrected chi connectivity index (χ0v) is 30.7. The van der Waals surface area contributed by atoms with Gasteiger partial charge in [-0.2, -0.15) is 0 Å². The van der Waals surface area contributed by atoms with Gasteiger partial charge < -0.3 is 24.3 Å². The molecular weight excluding hydrogens is 622 g/mol. The molecule has 8 bridgehead atoms. The Morgan fingerprint density at radius 2 is 1.48 bits per heavy atom. The lowest BCUT2D eigenvalue weighted by Crippen LogP contribution is -2.30. The van der Waals surface area contributed by atoms with Crippen molar-refractivity contribution in [1.29, 1.82) is 0 Å². The lowest BCUT2D eigenvalue weighted by Gasteiger charge is -2.21. The molecule has 0 saturated carbocycles. The summed E-state index contributed by atoms with van der Waals surface area (Å²) in [5.74, 6) is 0.814. The van der Waals surface area contributed by atoms with E-state index >= 15 is 0 Å². The zero-order chi connectivity index (χ0) is 34.5. The van der Waals surface area contributed by atoms with Crippen LogP contribution in [0, 0.1) is 20.8 Å². The normalized spacial score (nSPS) is 16.0. The molecule has 0 unspecified atom stereocenters. The second kappa shape index (κ2) is 15.8. The lowest BCUT2D eigenvalue weighted by atomic mass is 9.85. The Hall–Kier alpha value is -3.46. The molecule has 3 aromatic rings. The molecule has 2 atom stereocenters. The maximum atomic E-state index is 13.3. The quantitative estimate of drug-likeness (QED) is 0.141. The maximum Gasteiger partial charge on any atom is 0.222 e. The van der Waals surface area contributed by atoms with Crippen molar-refractivity contribution in [2.45, 2.75) is 86.0 Å². The van der Waals surface area contributed by atoms with Crippen molar-refractivity contribution in [2.24, 2.45) is 0 Å². The van der Waals surface area contributed by atoms with Crippen LogP contribution in [0.3, 0.4) is 0 Å². The minimum absolute atomic E-state index is 0.0934. The van der Waals surface area contributed by atoms with Crippen LogP contribution >= 0.6 is 11.6 Å². The van der Waals surface area contributed by atoms with E-state index in [9.17, 15) is 4.79 Å². The number of hydrogen-bond donors (Lipinski definition) is 2. The van der Waals surface area contributed by atoms with Crippen LogP contribution in [-0.2, 0) is 27.1 Å². The Morgan fingerprint density at radius 3 is 2.12 bits per heavy atom. The number of H-pyrrole nitrogens is 2. The molecule has 8 nitrogen and oxygen atoms in total. The maximum absolute atomic E-state index is 13.3. The molecule has 5 heterocycles. The number of hydrogen-bond acceptors (Lipinski definition) is 5. The van der Waals surface area contributed by atoms with E-state index in [0.717, 1.165) is 68.8 Å². The summed E-state index contributed by atoms with van der Waals surface area (Å²) in [7, 11) is 1.85. The van der Waals surface area contributed by atoms with Gasteiger partial charge in [0, 0.05) is 71.2 Å². The molecule has 2 N–H and O–H groups in total. The Morgan fingerprint density at radius 1 is 0.854 bits per heavy atom. The number of carbonyl (C=O) groups is 1. The molecule has 0 spiro atoms. The smallest absolute Gasteiger partial charge is 0.222 e. The molecule has 258 valence electrons. The van der Waals surface area contributed by atoms with Gasteiger partial charge in [0.2, 0.25) is 5.91 Å². The average molecular weight is 674 g/mol. The fraction of sp³-hybridized carbons (Fsp3) is 0.513. The van der Waals surface area contributed by atoms with E-state index in [2.05, 4.69) is 82.7 Å². The van der Waals surface area contributed by atoms with Gasteiger partial charge in [0.1, 0.15) is 0 Å². The van der Waals surface area contributed by atoms with Crippen LogP contribution in [0.1, 0.15) is 103 Å². The molecule has 3 aromatic heterocycles. The number of alkyl halides is 1.